The second kappa shape index (κ2) is 11.6. The Balaban J connectivity index is 1.70. The first-order valence-corrected chi connectivity index (χ1v) is 12.4. The van der Waals surface area contributed by atoms with E-state index in [1.165, 1.54) is 16.0 Å². The summed E-state index contributed by atoms with van der Waals surface area (Å²) in [5.41, 5.74) is 3.52. The van der Waals surface area contributed by atoms with E-state index in [-0.39, 0.29) is 11.9 Å². The molecular weight excluding hydrogens is 420 g/mol. The third kappa shape index (κ3) is 6.21. The molecule has 32 heavy (non-hydrogen) atoms. The highest BCUT2D eigenvalue weighted by molar-refractivity contribution is 7.10. The van der Waals surface area contributed by atoms with Gasteiger partial charge in [0.05, 0.1) is 18.7 Å². The van der Waals surface area contributed by atoms with Crippen LogP contribution in [0.4, 0.5) is 0 Å². The minimum Gasteiger partial charge on any atom is -0.491 e. The fraction of sp³-hybridized carbons (Fsp3) is 0.500. The maximum atomic E-state index is 13.4. The molecule has 174 valence electrons. The largest absolute Gasteiger partial charge is 0.491 e. The lowest BCUT2D eigenvalue weighted by Crippen LogP contribution is -2.47. The van der Waals surface area contributed by atoms with Crippen LogP contribution in [0.1, 0.15) is 47.4 Å². The van der Waals surface area contributed by atoms with Crippen molar-refractivity contribution < 1.29 is 14.6 Å². The van der Waals surface area contributed by atoms with Crippen molar-refractivity contribution in [1.29, 1.82) is 0 Å². The van der Waals surface area contributed by atoms with Crippen LogP contribution in [0.5, 0.6) is 5.75 Å². The molecule has 2 unspecified atom stereocenters. The molecule has 1 amide bonds. The monoisotopic (exact) mass is 456 g/mol. The van der Waals surface area contributed by atoms with Gasteiger partial charge in [0, 0.05) is 18.0 Å². The maximum absolute atomic E-state index is 13.4. The molecule has 0 radical (unpaired) electrons. The molecule has 1 aliphatic rings. The topological polar surface area (TPSA) is 53.0 Å². The molecule has 0 saturated carbocycles. The standard InChI is InChI=1S/C26H36N2O3S/c1-5-7-8-21(29)16-27(6-2)17-26(30)28-13-11-25-22(12-14-32-25)23(28)18-31-24-10-9-19(3)15-20(24)4/h5,9-10,12,14-15,21,23,29H,1,6-8,11,13,16-18H2,2-4H3. The zero-order valence-corrected chi connectivity index (χ0v) is 20.4. The number of carbonyl (C=O) groups is 1. The van der Waals surface area contributed by atoms with Crippen molar-refractivity contribution >= 4 is 17.2 Å². The number of aryl methyl sites for hydroxylation is 2. The number of likely N-dealkylation sites (N-methyl/N-ethyl adjacent to an activating group) is 1. The highest BCUT2D eigenvalue weighted by Gasteiger charge is 2.33. The summed E-state index contributed by atoms with van der Waals surface area (Å²) < 4.78 is 6.23. The fourth-order valence-electron chi connectivity index (χ4n) is 4.29. The number of nitrogens with zero attached hydrogens (tertiary/aromatic N) is 2. The predicted molar refractivity (Wildman–Crippen MR) is 131 cm³/mol. The number of ether oxygens (including phenoxy) is 1. The number of hydrogen-bond donors (Lipinski definition) is 1. The Morgan fingerprint density at radius 2 is 2.22 bits per heavy atom. The molecular formula is C26H36N2O3S. The zero-order valence-electron chi connectivity index (χ0n) is 19.5. The van der Waals surface area contributed by atoms with Crippen LogP contribution in [0, 0.1) is 13.8 Å². The van der Waals surface area contributed by atoms with Crippen LogP contribution in [0.3, 0.4) is 0 Å². The van der Waals surface area contributed by atoms with E-state index in [0.717, 1.165) is 30.7 Å². The Morgan fingerprint density at radius 3 is 2.94 bits per heavy atom. The Morgan fingerprint density at radius 1 is 1.41 bits per heavy atom. The third-order valence-electron chi connectivity index (χ3n) is 6.12. The molecule has 0 saturated heterocycles. The van der Waals surface area contributed by atoms with Gasteiger partial charge < -0.3 is 14.7 Å². The zero-order chi connectivity index (χ0) is 23.1. The minimum atomic E-state index is -0.450. The van der Waals surface area contributed by atoms with Crippen LogP contribution in [0.25, 0.3) is 0 Å². The van der Waals surface area contributed by atoms with Gasteiger partial charge in [-0.2, -0.15) is 0 Å². The van der Waals surface area contributed by atoms with Crippen LogP contribution in [-0.4, -0.2) is 59.7 Å². The second-order valence-electron chi connectivity index (χ2n) is 8.58. The van der Waals surface area contributed by atoms with E-state index in [0.29, 0.717) is 32.7 Å². The Kier molecular flexibility index (Phi) is 8.91. The number of rotatable bonds is 11. The molecule has 1 aliphatic heterocycles. The molecule has 1 aromatic heterocycles. The molecule has 2 aromatic rings. The number of benzene rings is 1. The first-order chi connectivity index (χ1) is 15.4. The number of allylic oxidation sites excluding steroid dienone is 1. The molecule has 0 aliphatic carbocycles. The highest BCUT2D eigenvalue weighted by atomic mass is 32.1. The van der Waals surface area contributed by atoms with E-state index in [2.05, 4.69) is 44.0 Å². The lowest BCUT2D eigenvalue weighted by atomic mass is 10.00. The van der Waals surface area contributed by atoms with Crippen molar-refractivity contribution in [1.82, 2.24) is 9.80 Å². The van der Waals surface area contributed by atoms with Gasteiger partial charge in [-0.05, 0) is 68.3 Å². The summed E-state index contributed by atoms with van der Waals surface area (Å²) in [6, 6.07) is 8.22. The van der Waals surface area contributed by atoms with E-state index < -0.39 is 6.10 Å². The fourth-order valence-corrected chi connectivity index (χ4v) is 5.22. The summed E-state index contributed by atoms with van der Waals surface area (Å²) in [6.07, 6.45) is 3.69. The van der Waals surface area contributed by atoms with Crippen LogP contribution < -0.4 is 4.74 Å². The Labute approximate surface area is 196 Å². The predicted octanol–water partition coefficient (Wildman–Crippen LogP) is 4.52. The van der Waals surface area contributed by atoms with Gasteiger partial charge in [-0.15, -0.1) is 17.9 Å². The van der Waals surface area contributed by atoms with Crippen molar-refractivity contribution in [2.75, 3.05) is 32.8 Å². The summed E-state index contributed by atoms with van der Waals surface area (Å²) in [5, 5.41) is 12.4. The Bertz CT molecular complexity index is 910. The van der Waals surface area contributed by atoms with Gasteiger partial charge >= 0.3 is 0 Å². The van der Waals surface area contributed by atoms with Gasteiger partial charge in [0.1, 0.15) is 12.4 Å². The molecule has 1 aromatic carbocycles. The molecule has 2 atom stereocenters. The lowest BCUT2D eigenvalue weighted by molar-refractivity contribution is -0.136. The average Bonchev–Trinajstić information content (AvgIpc) is 3.25. The maximum Gasteiger partial charge on any atom is 0.237 e. The van der Waals surface area contributed by atoms with Crippen molar-refractivity contribution in [3.63, 3.8) is 0 Å². The number of hydrogen-bond acceptors (Lipinski definition) is 5. The van der Waals surface area contributed by atoms with Gasteiger partial charge in [0.15, 0.2) is 0 Å². The number of amides is 1. The summed E-state index contributed by atoms with van der Waals surface area (Å²) in [4.78, 5) is 18.7. The minimum absolute atomic E-state index is 0.0915. The van der Waals surface area contributed by atoms with Crippen molar-refractivity contribution in [3.05, 3.63) is 63.9 Å². The van der Waals surface area contributed by atoms with E-state index in [1.807, 2.05) is 28.9 Å². The van der Waals surface area contributed by atoms with Crippen molar-refractivity contribution in [3.8, 4) is 5.75 Å². The number of aliphatic hydroxyl groups is 1. The van der Waals surface area contributed by atoms with Gasteiger partial charge in [0.25, 0.3) is 0 Å². The number of aliphatic hydroxyl groups excluding tert-OH is 1. The average molecular weight is 457 g/mol. The number of carbonyl (C=O) groups excluding carboxylic acids is 1. The molecule has 2 heterocycles. The number of thiophene rings is 1. The van der Waals surface area contributed by atoms with Gasteiger partial charge in [-0.3, -0.25) is 9.69 Å². The summed E-state index contributed by atoms with van der Waals surface area (Å²) in [5.74, 6) is 0.958. The summed E-state index contributed by atoms with van der Waals surface area (Å²) >= 11 is 1.76. The first-order valence-electron chi connectivity index (χ1n) is 11.5. The third-order valence-corrected chi connectivity index (χ3v) is 7.12. The SMILES string of the molecule is C=CCCC(O)CN(CC)CC(=O)N1CCc2sccc2C1COc1ccc(C)cc1C. The Hall–Kier alpha value is -2.15. The van der Waals surface area contributed by atoms with Crippen LogP contribution in [0.15, 0.2) is 42.3 Å². The van der Waals surface area contributed by atoms with E-state index in [9.17, 15) is 9.90 Å². The van der Waals surface area contributed by atoms with E-state index in [4.69, 9.17) is 4.74 Å². The molecule has 0 spiro atoms. The van der Waals surface area contributed by atoms with Crippen molar-refractivity contribution in [2.24, 2.45) is 0 Å². The molecule has 0 fully saturated rings. The highest BCUT2D eigenvalue weighted by Crippen LogP contribution is 2.34. The van der Waals surface area contributed by atoms with E-state index >= 15 is 0 Å². The van der Waals surface area contributed by atoms with Crippen molar-refractivity contribution in [2.45, 2.75) is 52.2 Å². The second-order valence-corrected chi connectivity index (χ2v) is 9.58. The van der Waals surface area contributed by atoms with Crippen LogP contribution in [-0.2, 0) is 11.2 Å². The molecule has 6 heteroatoms. The number of fused-ring (bicyclic) bond motifs is 1. The molecule has 1 N–H and O–H groups in total. The van der Waals surface area contributed by atoms with Gasteiger partial charge in [-0.25, -0.2) is 0 Å². The molecule has 0 bridgehead atoms. The molecule has 5 nitrogen and oxygen atoms in total. The smallest absolute Gasteiger partial charge is 0.237 e. The van der Waals surface area contributed by atoms with Crippen LogP contribution >= 0.6 is 11.3 Å². The van der Waals surface area contributed by atoms with Crippen LogP contribution in [0.2, 0.25) is 0 Å². The summed E-state index contributed by atoms with van der Waals surface area (Å²) in [6.45, 7) is 12.5. The van der Waals surface area contributed by atoms with Gasteiger partial charge in [0.2, 0.25) is 5.91 Å². The quantitative estimate of drug-likeness (QED) is 0.505. The van der Waals surface area contributed by atoms with E-state index in [1.54, 1.807) is 11.3 Å². The first kappa shape index (κ1) is 24.5. The summed E-state index contributed by atoms with van der Waals surface area (Å²) in [7, 11) is 0. The lowest BCUT2D eigenvalue weighted by Gasteiger charge is -2.37. The normalized spacial score (nSPS) is 16.7. The van der Waals surface area contributed by atoms with Gasteiger partial charge in [-0.1, -0.05) is 30.7 Å². The molecule has 3 rings (SSSR count).